The summed E-state index contributed by atoms with van der Waals surface area (Å²) < 4.78 is 52.4. The van der Waals surface area contributed by atoms with Crippen LogP contribution in [0.1, 0.15) is 128 Å². The quantitative estimate of drug-likeness (QED) is 0.0554. The van der Waals surface area contributed by atoms with Crippen molar-refractivity contribution < 1.29 is 61.2 Å². The first-order chi connectivity index (χ1) is 46.0. The molecule has 2 saturated carbocycles. The Labute approximate surface area is 566 Å². The van der Waals surface area contributed by atoms with Gasteiger partial charge >= 0.3 is 28.2 Å². The van der Waals surface area contributed by atoms with E-state index < -0.39 is 81.2 Å². The minimum atomic E-state index is -4.11. The second-order valence-corrected chi connectivity index (χ2v) is 29.7. The molecule has 4 aliphatic heterocycles. The van der Waals surface area contributed by atoms with Gasteiger partial charge in [-0.25, -0.2) is 39.0 Å². The first kappa shape index (κ1) is 68.9. The molecule has 12 rings (SSSR count). The van der Waals surface area contributed by atoms with Crippen LogP contribution in [0.3, 0.4) is 0 Å². The van der Waals surface area contributed by atoms with Crippen molar-refractivity contribution in [3.05, 3.63) is 95.0 Å². The summed E-state index contributed by atoms with van der Waals surface area (Å²) in [7, 11) is 1.70. The SMILES string of the molecule is COc1ccc2c(O[C@@H]3C[C@H]4C(=O)N[C@]5(C(=O)NS(=O)(=O)N(C)C)C[C@H]5/C=C\CCCCCNC(=O)N4C3)cc(-c3nc(C(C)C)cs3)nc2c1.COc1ccc2c(O[C@@H]3C[C@H]4C(=O)N[C@]5(C(=O)O)C[C@H]5/C=C\CCCCCNC(=O)N4C3)cc(-c3nc(C(C)C)cs3)nc2c1. The van der Waals surface area contributed by atoms with Crippen molar-refractivity contribution in [1.29, 1.82) is 0 Å². The lowest BCUT2D eigenvalue weighted by Crippen LogP contribution is -2.58. The number of aromatic nitrogens is 4. The molecule has 2 aliphatic carbocycles. The maximum absolute atomic E-state index is 14.1. The maximum Gasteiger partial charge on any atom is 0.330 e. The number of amides is 7. The number of carbonyl (C=O) groups is 6. The number of nitrogens with one attached hydrogen (secondary N) is 5. The third-order valence-electron chi connectivity index (χ3n) is 18.5. The van der Waals surface area contributed by atoms with Crippen LogP contribution in [0.4, 0.5) is 9.59 Å². The molecule has 6 N–H and O–H groups in total. The summed E-state index contributed by atoms with van der Waals surface area (Å²) in [6, 6.07) is 12.1. The molecule has 6 aromatic rings. The van der Waals surface area contributed by atoms with Crippen molar-refractivity contribution in [3.8, 4) is 44.4 Å². The number of rotatable bonds is 14. The highest BCUT2D eigenvalue weighted by Crippen LogP contribution is 2.47. The Balaban J connectivity index is 0.000000197. The fourth-order valence-corrected chi connectivity index (χ4v) is 15.0. The van der Waals surface area contributed by atoms with Crippen LogP contribution in [0.5, 0.6) is 23.0 Å². The summed E-state index contributed by atoms with van der Waals surface area (Å²) >= 11 is 3.01. The van der Waals surface area contributed by atoms with E-state index in [4.69, 9.17) is 38.9 Å². The Morgan fingerprint density at radius 2 is 1.09 bits per heavy atom. The third kappa shape index (κ3) is 15.2. The minimum Gasteiger partial charge on any atom is -0.497 e. The number of hydrogen-bond acceptors (Lipinski definition) is 18. The number of hydrogen-bond donors (Lipinski definition) is 6. The van der Waals surface area contributed by atoms with Crippen molar-refractivity contribution in [3.63, 3.8) is 0 Å². The molecule has 25 nitrogen and oxygen atoms in total. The fourth-order valence-electron chi connectivity index (χ4n) is 12.5. The van der Waals surface area contributed by atoms with E-state index in [2.05, 4.69) is 53.7 Å². The van der Waals surface area contributed by atoms with E-state index in [1.165, 1.54) is 46.6 Å². The summed E-state index contributed by atoms with van der Waals surface area (Å²) in [6.45, 7) is 9.55. The Morgan fingerprint density at radius 3 is 1.52 bits per heavy atom. The summed E-state index contributed by atoms with van der Waals surface area (Å²) in [5.41, 5.74) is 1.70. The third-order valence-corrected chi connectivity index (χ3v) is 21.6. The number of carboxylic acid groups (broad SMARTS) is 1. The molecule has 2 saturated heterocycles. The van der Waals surface area contributed by atoms with E-state index in [1.54, 1.807) is 14.2 Å². The lowest BCUT2D eigenvalue weighted by molar-refractivity contribution is -0.144. The normalized spacial score (nSPS) is 25.5. The number of carboxylic acids is 1. The van der Waals surface area contributed by atoms with Gasteiger partial charge in [0.1, 0.15) is 79.8 Å². The molecule has 8 heterocycles. The van der Waals surface area contributed by atoms with Crippen LogP contribution < -0.4 is 44.9 Å². The Morgan fingerprint density at radius 1 is 0.646 bits per heavy atom. The molecule has 4 fully saturated rings. The van der Waals surface area contributed by atoms with Crippen molar-refractivity contribution >= 4 is 90.4 Å². The summed E-state index contributed by atoms with van der Waals surface area (Å²) in [6.07, 6.45) is 14.4. The molecular weight excluding hydrogens is 1290 g/mol. The molecule has 2 aromatic carbocycles. The molecule has 0 radical (unpaired) electrons. The molecule has 8 atom stereocenters. The molecule has 28 heteroatoms. The summed E-state index contributed by atoms with van der Waals surface area (Å²) in [5, 5.41) is 28.6. The number of carbonyl (C=O) groups excluding carboxylic acids is 5. The van der Waals surface area contributed by atoms with Crippen molar-refractivity contribution in [2.24, 2.45) is 11.8 Å². The van der Waals surface area contributed by atoms with Crippen LogP contribution in [0.2, 0.25) is 0 Å². The number of aliphatic carboxylic acids is 1. The van der Waals surface area contributed by atoms with Gasteiger partial charge in [-0.15, -0.1) is 22.7 Å². The first-order valence-corrected chi connectivity index (χ1v) is 36.0. The van der Waals surface area contributed by atoms with Gasteiger partial charge in [0.25, 0.3) is 5.91 Å². The van der Waals surface area contributed by atoms with Gasteiger partial charge in [-0.05, 0) is 87.5 Å². The van der Waals surface area contributed by atoms with Gasteiger partial charge < -0.3 is 55.1 Å². The smallest absolute Gasteiger partial charge is 0.330 e. The predicted octanol–water partition coefficient (Wildman–Crippen LogP) is 9.06. The number of allylic oxidation sites excluding steroid dienone is 2. The number of urea groups is 2. The molecule has 0 bridgehead atoms. The highest BCUT2D eigenvalue weighted by Gasteiger charge is 2.63. The van der Waals surface area contributed by atoms with Gasteiger partial charge in [0.05, 0.1) is 49.7 Å². The van der Waals surface area contributed by atoms with Gasteiger partial charge in [-0.3, -0.25) is 14.4 Å². The van der Waals surface area contributed by atoms with Crippen LogP contribution in [-0.4, -0.2) is 173 Å². The fraction of sp³-hybridized carbons (Fsp3) is 0.500. The Hall–Kier alpha value is -8.47. The molecule has 0 unspecified atom stereocenters. The largest absolute Gasteiger partial charge is 0.497 e. The zero-order valence-electron chi connectivity index (χ0n) is 55.2. The molecule has 0 spiro atoms. The second kappa shape index (κ2) is 29.1. The summed E-state index contributed by atoms with van der Waals surface area (Å²) in [4.78, 5) is 103. The average Bonchev–Trinajstić information content (AvgIpc) is 1.57. The Bertz CT molecular complexity index is 4100. The van der Waals surface area contributed by atoms with Crippen LogP contribution in [0, 0.1) is 11.8 Å². The first-order valence-electron chi connectivity index (χ1n) is 32.8. The van der Waals surface area contributed by atoms with E-state index in [0.717, 1.165) is 87.8 Å². The number of pyridine rings is 2. The lowest BCUT2D eigenvalue weighted by atomic mass is 10.1. The van der Waals surface area contributed by atoms with E-state index in [9.17, 15) is 42.3 Å². The maximum atomic E-state index is 14.1. The molecule has 6 aliphatic rings. The number of thiazole rings is 2. The van der Waals surface area contributed by atoms with E-state index in [-0.39, 0.29) is 56.1 Å². The van der Waals surface area contributed by atoms with Crippen molar-refractivity contribution in [2.75, 3.05) is 54.5 Å². The molecular formula is C68H84N12O13S3. The number of ether oxygens (including phenoxy) is 4. The topological polar surface area (TPSA) is 315 Å². The van der Waals surface area contributed by atoms with Gasteiger partial charge in [0.15, 0.2) is 0 Å². The van der Waals surface area contributed by atoms with Crippen molar-refractivity contribution in [2.45, 2.75) is 152 Å². The average molecular weight is 1370 g/mol. The van der Waals surface area contributed by atoms with Crippen molar-refractivity contribution in [1.82, 2.24) is 60.0 Å². The number of nitrogens with zero attached hydrogens (tertiary/aromatic N) is 7. The van der Waals surface area contributed by atoms with Crippen LogP contribution in [0.15, 0.2) is 83.6 Å². The van der Waals surface area contributed by atoms with Gasteiger partial charge in [0.2, 0.25) is 11.8 Å². The molecule has 4 aromatic heterocycles. The number of methoxy groups -OCH3 is 2. The van der Waals surface area contributed by atoms with E-state index >= 15 is 0 Å². The monoisotopic (exact) mass is 1370 g/mol. The van der Waals surface area contributed by atoms with Gasteiger partial charge in [-0.2, -0.15) is 12.7 Å². The minimum absolute atomic E-state index is 0.103. The molecule has 7 amide bonds. The zero-order chi connectivity index (χ0) is 68.2. The Kier molecular flexibility index (Phi) is 20.9. The number of fused-ring (bicyclic) bond motifs is 6. The van der Waals surface area contributed by atoms with Gasteiger partial charge in [0, 0.05) is 97.7 Å². The zero-order valence-corrected chi connectivity index (χ0v) is 57.7. The molecule has 96 heavy (non-hydrogen) atoms. The van der Waals surface area contributed by atoms with Crippen LogP contribution in [-0.2, 0) is 29.4 Å². The van der Waals surface area contributed by atoms with E-state index in [1.807, 2.05) is 83.6 Å². The lowest BCUT2D eigenvalue weighted by Gasteiger charge is -2.26. The highest BCUT2D eigenvalue weighted by molar-refractivity contribution is 7.87. The van der Waals surface area contributed by atoms with Crippen LogP contribution >= 0.6 is 22.7 Å². The van der Waals surface area contributed by atoms with Gasteiger partial charge in [-0.1, -0.05) is 64.8 Å². The van der Waals surface area contributed by atoms with Crippen LogP contribution in [0.25, 0.3) is 43.2 Å². The highest BCUT2D eigenvalue weighted by atomic mass is 32.2. The van der Waals surface area contributed by atoms with E-state index in [0.29, 0.717) is 64.9 Å². The standard InChI is InChI=1S/C35H45N7O7S2.C33H39N5O6S/c1-21(2)28-20-50-32(38-28)27-17-30(25-13-12-23(48-5)15-26(25)37-27)49-24-16-29-31(43)39-35(33(44)40-51(46,47)41(3)4)18-22(35)11-9-7-6-8-10-14-36-34(45)42(29)19-24;1-19(2)26-18-45-30(36-26)25-15-28(23-11-10-21(43-3)13-24(23)35-25)44-22-14-27-29(39)37-33(31(40)41)16-20(33)9-7-5-4-6-8-12-34-32(42)38(27)17-22/h9,11-13,15,17,20-22,24,29H,6-8,10,14,16,18-19H2,1-5H3,(H,36,45)(H,39,43)(H,40,44);7,9-11,13,15,18-20,22,27H,4-6,8,12,14,16-17H2,1-3H3,(H,34,42)(H,37,39)(H,40,41)/b11-9-;9-7-/t22-,24-,29+,35-;20-,22-,27+,33-/m11/s1. The summed E-state index contributed by atoms with van der Waals surface area (Å²) in [5.74, 6) is -0.734. The molecule has 512 valence electrons. The predicted molar refractivity (Wildman–Crippen MR) is 364 cm³/mol. The second-order valence-electron chi connectivity index (χ2n) is 26.1. The number of benzene rings is 2.